The maximum absolute atomic E-state index is 12.6. The lowest BCUT2D eigenvalue weighted by molar-refractivity contribution is -0.140. The number of esters is 1. The highest BCUT2D eigenvalue weighted by atomic mass is 35.5. The summed E-state index contributed by atoms with van der Waals surface area (Å²) in [7, 11) is 1.34. The van der Waals surface area contributed by atoms with Crippen LogP contribution in [0, 0.1) is 0 Å². The number of hydrogen-bond acceptors (Lipinski definition) is 3. The van der Waals surface area contributed by atoms with Crippen LogP contribution in [-0.4, -0.2) is 25.5 Å². The van der Waals surface area contributed by atoms with Crippen molar-refractivity contribution in [3.8, 4) is 0 Å². The first-order valence-electron chi connectivity index (χ1n) is 7.20. The highest BCUT2D eigenvalue weighted by Gasteiger charge is 2.42. The fraction of sp³-hybridized carbons (Fsp3) is 0.500. The quantitative estimate of drug-likeness (QED) is 0.851. The van der Waals surface area contributed by atoms with Crippen LogP contribution in [0.2, 0.25) is 5.02 Å². The highest BCUT2D eigenvalue weighted by Crippen LogP contribution is 2.41. The molecular weight excluding hydrogens is 290 g/mol. The molecule has 1 amide bonds. The highest BCUT2D eigenvalue weighted by molar-refractivity contribution is 6.30. The lowest BCUT2D eigenvalue weighted by atomic mass is 9.78. The van der Waals surface area contributed by atoms with Crippen molar-refractivity contribution in [2.24, 2.45) is 0 Å². The summed E-state index contributed by atoms with van der Waals surface area (Å²) < 4.78 is 4.58. The number of methoxy groups -OCH3 is 1. The van der Waals surface area contributed by atoms with Gasteiger partial charge in [0, 0.05) is 11.6 Å². The van der Waals surface area contributed by atoms with E-state index in [1.165, 1.54) is 7.11 Å². The molecule has 0 spiro atoms. The number of ether oxygens (including phenoxy) is 1. The van der Waals surface area contributed by atoms with Gasteiger partial charge in [-0.05, 0) is 30.5 Å². The first kappa shape index (κ1) is 15.8. The maximum Gasteiger partial charge on any atom is 0.307 e. The minimum Gasteiger partial charge on any atom is -0.469 e. The predicted molar refractivity (Wildman–Crippen MR) is 81.2 cm³/mol. The first-order valence-corrected chi connectivity index (χ1v) is 7.57. The van der Waals surface area contributed by atoms with E-state index in [9.17, 15) is 9.59 Å². The van der Waals surface area contributed by atoms with Crippen LogP contribution in [0.5, 0.6) is 0 Å². The van der Waals surface area contributed by atoms with Crippen LogP contribution in [0.25, 0.3) is 0 Å². The van der Waals surface area contributed by atoms with Crippen LogP contribution in [-0.2, 0) is 19.7 Å². The van der Waals surface area contributed by atoms with Gasteiger partial charge >= 0.3 is 5.97 Å². The van der Waals surface area contributed by atoms with Crippen molar-refractivity contribution in [3.63, 3.8) is 0 Å². The molecule has 4 nitrogen and oxygen atoms in total. The molecule has 0 aromatic heterocycles. The van der Waals surface area contributed by atoms with E-state index in [1.54, 1.807) is 0 Å². The molecule has 1 fully saturated rings. The van der Waals surface area contributed by atoms with Crippen molar-refractivity contribution in [2.45, 2.75) is 37.5 Å². The normalized spacial score (nSPS) is 16.5. The molecule has 0 radical (unpaired) electrons. The molecule has 0 unspecified atom stereocenters. The lowest BCUT2D eigenvalue weighted by Gasteiger charge is -2.28. The molecule has 1 aromatic carbocycles. The van der Waals surface area contributed by atoms with Gasteiger partial charge in [0.1, 0.15) is 0 Å². The molecule has 0 aliphatic heterocycles. The van der Waals surface area contributed by atoms with Gasteiger partial charge in [0.25, 0.3) is 0 Å². The van der Waals surface area contributed by atoms with Crippen molar-refractivity contribution in [2.75, 3.05) is 13.7 Å². The van der Waals surface area contributed by atoms with E-state index in [-0.39, 0.29) is 18.3 Å². The molecular formula is C16H20ClNO3. The van der Waals surface area contributed by atoms with Gasteiger partial charge in [-0.25, -0.2) is 0 Å². The summed E-state index contributed by atoms with van der Waals surface area (Å²) in [4.78, 5) is 23.7. The second-order valence-corrected chi connectivity index (χ2v) is 5.81. The van der Waals surface area contributed by atoms with Gasteiger partial charge < -0.3 is 10.1 Å². The largest absolute Gasteiger partial charge is 0.469 e. The number of rotatable bonds is 5. The number of halogens is 1. The minimum absolute atomic E-state index is 0.00812. The molecule has 1 N–H and O–H groups in total. The van der Waals surface area contributed by atoms with Gasteiger partial charge in [-0.3, -0.25) is 9.59 Å². The third kappa shape index (κ3) is 3.56. The predicted octanol–water partition coefficient (Wildman–Crippen LogP) is 2.83. The Morgan fingerprint density at radius 2 is 1.86 bits per heavy atom. The average Bonchev–Trinajstić information content (AvgIpc) is 2.98. The van der Waals surface area contributed by atoms with Gasteiger partial charge in [0.05, 0.1) is 18.9 Å². The van der Waals surface area contributed by atoms with Crippen LogP contribution in [0.4, 0.5) is 0 Å². The third-order valence-electron chi connectivity index (χ3n) is 4.13. The molecule has 1 saturated carbocycles. The summed E-state index contributed by atoms with van der Waals surface area (Å²) in [6.07, 6.45) is 3.93. The number of nitrogens with one attached hydrogen (secondary N) is 1. The van der Waals surface area contributed by atoms with E-state index in [2.05, 4.69) is 10.1 Å². The Hall–Kier alpha value is -1.55. The molecule has 1 aromatic rings. The van der Waals surface area contributed by atoms with Gasteiger partial charge in [-0.2, -0.15) is 0 Å². The second kappa shape index (κ2) is 6.94. The molecule has 114 valence electrons. The van der Waals surface area contributed by atoms with Crippen LogP contribution < -0.4 is 5.32 Å². The molecule has 1 aliphatic rings. The Morgan fingerprint density at radius 1 is 1.24 bits per heavy atom. The van der Waals surface area contributed by atoms with Crippen LogP contribution in [0.1, 0.15) is 37.7 Å². The summed E-state index contributed by atoms with van der Waals surface area (Å²) in [6, 6.07) is 7.48. The number of benzene rings is 1. The van der Waals surface area contributed by atoms with E-state index in [0.717, 1.165) is 31.2 Å². The van der Waals surface area contributed by atoms with Gasteiger partial charge in [-0.15, -0.1) is 0 Å². The standard InChI is InChI=1S/C16H20ClNO3/c1-21-14(19)8-11-18-15(20)16(9-2-3-10-16)12-4-6-13(17)7-5-12/h4-7H,2-3,8-11H2,1H3,(H,18,20). The van der Waals surface area contributed by atoms with Crippen LogP contribution >= 0.6 is 11.6 Å². The van der Waals surface area contributed by atoms with Crippen LogP contribution in [0.3, 0.4) is 0 Å². The number of carbonyl (C=O) groups is 2. The Balaban J connectivity index is 2.09. The third-order valence-corrected chi connectivity index (χ3v) is 4.38. The van der Waals surface area contributed by atoms with Crippen molar-refractivity contribution >= 4 is 23.5 Å². The molecule has 1 aliphatic carbocycles. The molecule has 0 saturated heterocycles. The minimum atomic E-state index is -0.485. The SMILES string of the molecule is COC(=O)CCNC(=O)C1(c2ccc(Cl)cc2)CCCC1. The lowest BCUT2D eigenvalue weighted by Crippen LogP contribution is -2.43. The van der Waals surface area contributed by atoms with Crippen LogP contribution in [0.15, 0.2) is 24.3 Å². The second-order valence-electron chi connectivity index (χ2n) is 5.38. The van der Waals surface area contributed by atoms with Crippen molar-refractivity contribution in [1.82, 2.24) is 5.32 Å². The number of hydrogen-bond donors (Lipinski definition) is 1. The first-order chi connectivity index (χ1) is 10.1. The van der Waals surface area contributed by atoms with Crippen molar-refractivity contribution in [1.29, 1.82) is 0 Å². The zero-order valence-electron chi connectivity index (χ0n) is 12.2. The summed E-state index contributed by atoms with van der Waals surface area (Å²) in [5.74, 6) is -0.325. The Morgan fingerprint density at radius 3 is 2.43 bits per heavy atom. The van der Waals surface area contributed by atoms with Gasteiger partial charge in [0.15, 0.2) is 0 Å². The van der Waals surface area contributed by atoms with E-state index < -0.39 is 5.41 Å². The van der Waals surface area contributed by atoms with E-state index in [0.29, 0.717) is 11.6 Å². The zero-order chi connectivity index (χ0) is 15.3. The van der Waals surface area contributed by atoms with Crippen molar-refractivity contribution in [3.05, 3.63) is 34.9 Å². The summed E-state index contributed by atoms with van der Waals surface area (Å²) in [5, 5.41) is 3.54. The summed E-state index contributed by atoms with van der Waals surface area (Å²) >= 11 is 5.93. The molecule has 21 heavy (non-hydrogen) atoms. The Kier molecular flexibility index (Phi) is 5.23. The number of amides is 1. The summed E-state index contributed by atoms with van der Waals surface area (Å²) in [6.45, 7) is 0.306. The van der Waals surface area contributed by atoms with E-state index in [4.69, 9.17) is 11.6 Å². The van der Waals surface area contributed by atoms with E-state index in [1.807, 2.05) is 24.3 Å². The fourth-order valence-electron chi connectivity index (χ4n) is 2.94. The fourth-order valence-corrected chi connectivity index (χ4v) is 3.07. The molecule has 5 heteroatoms. The average molecular weight is 310 g/mol. The smallest absolute Gasteiger partial charge is 0.307 e. The molecule has 0 heterocycles. The molecule has 2 rings (SSSR count). The Bertz CT molecular complexity index is 507. The van der Waals surface area contributed by atoms with Gasteiger partial charge in [0.2, 0.25) is 5.91 Å². The number of carbonyl (C=O) groups excluding carboxylic acids is 2. The van der Waals surface area contributed by atoms with Crippen molar-refractivity contribution < 1.29 is 14.3 Å². The van der Waals surface area contributed by atoms with Gasteiger partial charge in [-0.1, -0.05) is 36.6 Å². The van der Waals surface area contributed by atoms with E-state index >= 15 is 0 Å². The molecule has 0 bridgehead atoms. The molecule has 0 atom stereocenters. The topological polar surface area (TPSA) is 55.4 Å². The zero-order valence-corrected chi connectivity index (χ0v) is 12.9. The monoisotopic (exact) mass is 309 g/mol. The Labute approximate surface area is 129 Å². The summed E-state index contributed by atoms with van der Waals surface area (Å²) in [5.41, 5.74) is 0.515. The maximum atomic E-state index is 12.6.